The molecule has 0 aliphatic heterocycles. The fourth-order valence-corrected chi connectivity index (χ4v) is 3.46. The molecule has 19 heavy (non-hydrogen) atoms. The first-order valence-corrected chi connectivity index (χ1v) is 8.03. The molecule has 0 saturated carbocycles. The smallest absolute Gasteiger partial charge is 0.242 e. The van der Waals surface area contributed by atoms with Crippen molar-refractivity contribution in [3.8, 4) is 5.75 Å². The first-order chi connectivity index (χ1) is 9.03. The molecule has 1 N–H and O–H groups in total. The van der Waals surface area contributed by atoms with Gasteiger partial charge < -0.3 is 4.74 Å². The number of halogens is 1. The third-order valence-corrected chi connectivity index (χ3v) is 4.87. The quantitative estimate of drug-likeness (QED) is 0.918. The third-order valence-electron chi connectivity index (χ3n) is 2.35. The number of nitrogens with zero attached hydrogens (tertiary/aromatic N) is 1. The topological polar surface area (TPSA) is 68.3 Å². The van der Waals surface area contributed by atoms with Crippen molar-refractivity contribution in [1.82, 2.24) is 9.71 Å². The van der Waals surface area contributed by atoms with Crippen LogP contribution in [0.15, 0.2) is 34.0 Å². The van der Waals surface area contributed by atoms with E-state index in [9.17, 15) is 8.42 Å². The first-order valence-electron chi connectivity index (χ1n) is 5.23. The summed E-state index contributed by atoms with van der Waals surface area (Å²) in [6.45, 7) is 0.124. The van der Waals surface area contributed by atoms with Gasteiger partial charge in [0, 0.05) is 11.4 Å². The number of hydrogen-bond donors (Lipinski definition) is 1. The number of hydrogen-bond acceptors (Lipinski definition) is 5. The summed E-state index contributed by atoms with van der Waals surface area (Å²) in [7, 11) is -2.24. The molecule has 0 bridgehead atoms. The fraction of sp³-hybridized carbons (Fsp3) is 0.182. The van der Waals surface area contributed by atoms with Gasteiger partial charge in [0.15, 0.2) is 0 Å². The lowest BCUT2D eigenvalue weighted by atomic mass is 10.3. The number of ether oxygens (including phenoxy) is 1. The van der Waals surface area contributed by atoms with Crippen LogP contribution in [0.4, 0.5) is 0 Å². The van der Waals surface area contributed by atoms with Crippen molar-refractivity contribution < 1.29 is 13.2 Å². The van der Waals surface area contributed by atoms with Crippen LogP contribution in [0.25, 0.3) is 0 Å². The molecular formula is C11H11ClN2O3S2. The van der Waals surface area contributed by atoms with Crippen LogP contribution in [0.3, 0.4) is 0 Å². The number of rotatable bonds is 5. The van der Waals surface area contributed by atoms with Gasteiger partial charge in [0.1, 0.15) is 10.6 Å². The normalized spacial score (nSPS) is 11.5. The number of sulfonamides is 1. The molecule has 0 amide bonds. The Labute approximate surface area is 120 Å². The van der Waals surface area contributed by atoms with Crippen LogP contribution in [0.5, 0.6) is 5.75 Å². The van der Waals surface area contributed by atoms with Crippen LogP contribution < -0.4 is 9.46 Å². The zero-order valence-electron chi connectivity index (χ0n) is 9.96. The van der Waals surface area contributed by atoms with Crippen LogP contribution in [0.1, 0.15) is 5.69 Å². The van der Waals surface area contributed by atoms with Crippen molar-refractivity contribution in [2.75, 3.05) is 7.11 Å². The van der Waals surface area contributed by atoms with Crippen LogP contribution in [-0.2, 0) is 16.6 Å². The van der Waals surface area contributed by atoms with Gasteiger partial charge in [-0.05, 0) is 12.1 Å². The van der Waals surface area contributed by atoms with Gasteiger partial charge in [-0.1, -0.05) is 11.6 Å². The highest BCUT2D eigenvalue weighted by molar-refractivity contribution is 7.89. The van der Waals surface area contributed by atoms with Gasteiger partial charge in [0.05, 0.1) is 29.9 Å². The molecule has 0 spiro atoms. The number of nitrogens with one attached hydrogen (secondary N) is 1. The van der Waals surface area contributed by atoms with Crippen molar-refractivity contribution in [3.63, 3.8) is 0 Å². The van der Waals surface area contributed by atoms with Crippen molar-refractivity contribution in [2.45, 2.75) is 11.4 Å². The van der Waals surface area contributed by atoms with Gasteiger partial charge in [-0.15, -0.1) is 11.3 Å². The van der Waals surface area contributed by atoms with E-state index in [1.54, 1.807) is 17.0 Å². The van der Waals surface area contributed by atoms with E-state index in [-0.39, 0.29) is 16.5 Å². The number of methoxy groups -OCH3 is 1. The average molecular weight is 319 g/mol. The monoisotopic (exact) mass is 318 g/mol. The Morgan fingerprint density at radius 3 is 2.89 bits per heavy atom. The number of benzene rings is 1. The summed E-state index contributed by atoms with van der Waals surface area (Å²) in [5.41, 5.74) is 2.30. The van der Waals surface area contributed by atoms with E-state index >= 15 is 0 Å². The molecule has 1 aromatic heterocycles. The Kier molecular flexibility index (Phi) is 4.41. The predicted octanol–water partition coefficient (Wildman–Crippen LogP) is 2.28. The minimum Gasteiger partial charge on any atom is -0.497 e. The van der Waals surface area contributed by atoms with Crippen molar-refractivity contribution in [1.29, 1.82) is 0 Å². The van der Waals surface area contributed by atoms with Gasteiger partial charge >= 0.3 is 0 Å². The number of thiazole rings is 1. The Hall–Kier alpha value is -1.15. The molecule has 0 atom stereocenters. The molecule has 1 heterocycles. The molecular weight excluding hydrogens is 308 g/mol. The molecule has 0 aliphatic carbocycles. The lowest BCUT2D eigenvalue weighted by Gasteiger charge is -2.09. The maximum absolute atomic E-state index is 12.1. The van der Waals surface area contributed by atoms with Gasteiger partial charge in [-0.3, -0.25) is 0 Å². The SMILES string of the molecule is COc1ccc(Cl)c(S(=O)(=O)NCc2cscn2)c1. The molecule has 0 saturated heterocycles. The zero-order valence-corrected chi connectivity index (χ0v) is 12.3. The van der Waals surface area contributed by atoms with E-state index in [1.165, 1.54) is 30.6 Å². The van der Waals surface area contributed by atoms with E-state index in [2.05, 4.69) is 9.71 Å². The van der Waals surface area contributed by atoms with E-state index < -0.39 is 10.0 Å². The Morgan fingerprint density at radius 1 is 1.47 bits per heavy atom. The Bertz CT molecular complexity index is 657. The maximum Gasteiger partial charge on any atom is 0.242 e. The van der Waals surface area contributed by atoms with Crippen molar-refractivity contribution in [3.05, 3.63) is 39.8 Å². The fourth-order valence-electron chi connectivity index (χ4n) is 1.39. The van der Waals surface area contributed by atoms with E-state index in [0.717, 1.165) is 0 Å². The summed E-state index contributed by atoms with van der Waals surface area (Å²) in [4.78, 5) is 3.99. The molecule has 0 radical (unpaired) electrons. The predicted molar refractivity (Wildman–Crippen MR) is 74.1 cm³/mol. The zero-order chi connectivity index (χ0) is 13.9. The minimum absolute atomic E-state index is 0.0104. The molecule has 8 heteroatoms. The summed E-state index contributed by atoms with van der Waals surface area (Å²) in [6.07, 6.45) is 0. The molecule has 0 unspecified atom stereocenters. The van der Waals surface area contributed by atoms with Crippen LogP contribution >= 0.6 is 22.9 Å². The minimum atomic E-state index is -3.70. The van der Waals surface area contributed by atoms with Crippen molar-refractivity contribution >= 4 is 33.0 Å². The second-order valence-electron chi connectivity index (χ2n) is 3.60. The summed E-state index contributed by atoms with van der Waals surface area (Å²) >= 11 is 7.31. The van der Waals surface area contributed by atoms with Crippen LogP contribution in [0.2, 0.25) is 5.02 Å². The molecule has 5 nitrogen and oxygen atoms in total. The summed E-state index contributed by atoms with van der Waals surface area (Å²) < 4.78 is 31.7. The number of aromatic nitrogens is 1. The summed E-state index contributed by atoms with van der Waals surface area (Å²) in [5, 5.41) is 1.92. The molecule has 0 aliphatic rings. The summed E-state index contributed by atoms with van der Waals surface area (Å²) in [6, 6.07) is 4.46. The Morgan fingerprint density at radius 2 is 2.26 bits per heavy atom. The van der Waals surface area contributed by atoms with E-state index in [1.807, 2.05) is 0 Å². The maximum atomic E-state index is 12.1. The van der Waals surface area contributed by atoms with Gasteiger partial charge in [0.25, 0.3) is 0 Å². The van der Waals surface area contributed by atoms with Crippen molar-refractivity contribution in [2.24, 2.45) is 0 Å². The highest BCUT2D eigenvalue weighted by Gasteiger charge is 2.18. The molecule has 2 rings (SSSR count). The third kappa shape index (κ3) is 3.44. The largest absolute Gasteiger partial charge is 0.497 e. The lowest BCUT2D eigenvalue weighted by Crippen LogP contribution is -2.23. The molecule has 2 aromatic rings. The second kappa shape index (κ2) is 5.87. The van der Waals surface area contributed by atoms with Crippen LogP contribution in [-0.4, -0.2) is 20.5 Å². The average Bonchev–Trinajstić information content (AvgIpc) is 2.90. The second-order valence-corrected chi connectivity index (χ2v) is 6.46. The molecule has 1 aromatic carbocycles. The molecule has 0 fully saturated rings. The highest BCUT2D eigenvalue weighted by atomic mass is 35.5. The van der Waals surface area contributed by atoms with E-state index in [4.69, 9.17) is 16.3 Å². The highest BCUT2D eigenvalue weighted by Crippen LogP contribution is 2.26. The summed E-state index contributed by atoms with van der Waals surface area (Å²) in [5.74, 6) is 0.429. The van der Waals surface area contributed by atoms with Gasteiger partial charge in [0.2, 0.25) is 10.0 Å². The van der Waals surface area contributed by atoms with Gasteiger partial charge in [-0.2, -0.15) is 0 Å². The lowest BCUT2D eigenvalue weighted by molar-refractivity contribution is 0.413. The molecule has 102 valence electrons. The standard InChI is InChI=1S/C11H11ClN2O3S2/c1-17-9-2-3-10(12)11(4-9)19(15,16)14-5-8-6-18-7-13-8/h2-4,6-7,14H,5H2,1H3. The van der Waals surface area contributed by atoms with Gasteiger partial charge in [-0.25, -0.2) is 18.1 Å². The van der Waals surface area contributed by atoms with E-state index in [0.29, 0.717) is 11.4 Å². The Balaban J connectivity index is 2.23. The van der Waals surface area contributed by atoms with Crippen LogP contribution in [0, 0.1) is 0 Å². The first kappa shape index (κ1) is 14.3.